The van der Waals surface area contributed by atoms with Gasteiger partial charge in [0.1, 0.15) is 0 Å². The topological polar surface area (TPSA) is 38.0 Å². The molecule has 0 saturated carbocycles. The quantitative estimate of drug-likeness (QED) is 0.806. The van der Waals surface area contributed by atoms with Crippen molar-refractivity contribution in [3.05, 3.63) is 48.0 Å². The molecule has 0 aromatic heterocycles. The standard InChI is InChI=1S/C14H13F3N2/c1-19-13-7-6-11(18)8-12(13)9-2-4-10(5-3-9)14(15,16)17/h2-8,19H,18H2,1H3. The molecule has 0 aliphatic carbocycles. The number of hydrogen-bond acceptors (Lipinski definition) is 2. The summed E-state index contributed by atoms with van der Waals surface area (Å²) in [7, 11) is 1.75. The largest absolute Gasteiger partial charge is 0.416 e. The Balaban J connectivity index is 2.45. The van der Waals surface area contributed by atoms with Gasteiger partial charge in [-0.3, -0.25) is 0 Å². The number of rotatable bonds is 2. The average Bonchev–Trinajstić information content (AvgIpc) is 2.38. The summed E-state index contributed by atoms with van der Waals surface area (Å²) in [5, 5.41) is 2.99. The zero-order chi connectivity index (χ0) is 14.0. The lowest BCUT2D eigenvalue weighted by Gasteiger charge is -2.12. The Hall–Kier alpha value is -2.17. The van der Waals surface area contributed by atoms with E-state index in [-0.39, 0.29) is 0 Å². The molecule has 0 aliphatic rings. The van der Waals surface area contributed by atoms with E-state index in [1.807, 2.05) is 0 Å². The minimum atomic E-state index is -4.32. The van der Waals surface area contributed by atoms with Crippen LogP contribution in [-0.4, -0.2) is 7.05 Å². The number of alkyl halides is 3. The van der Waals surface area contributed by atoms with Gasteiger partial charge >= 0.3 is 6.18 Å². The summed E-state index contributed by atoms with van der Waals surface area (Å²) in [6.07, 6.45) is -4.32. The Morgan fingerprint density at radius 1 is 1.00 bits per heavy atom. The fourth-order valence-electron chi connectivity index (χ4n) is 1.86. The van der Waals surface area contributed by atoms with Crippen LogP contribution in [0.15, 0.2) is 42.5 Å². The smallest absolute Gasteiger partial charge is 0.399 e. The van der Waals surface area contributed by atoms with Crippen LogP contribution < -0.4 is 11.1 Å². The van der Waals surface area contributed by atoms with Crippen molar-refractivity contribution in [2.45, 2.75) is 6.18 Å². The molecule has 0 spiro atoms. The van der Waals surface area contributed by atoms with Crippen LogP contribution >= 0.6 is 0 Å². The van der Waals surface area contributed by atoms with E-state index in [2.05, 4.69) is 5.32 Å². The molecule has 2 aromatic rings. The van der Waals surface area contributed by atoms with Crippen LogP contribution in [0.1, 0.15) is 5.56 Å². The van der Waals surface area contributed by atoms with Crippen molar-refractivity contribution in [1.82, 2.24) is 0 Å². The van der Waals surface area contributed by atoms with E-state index >= 15 is 0 Å². The zero-order valence-corrected chi connectivity index (χ0v) is 10.3. The predicted octanol–water partition coefficient (Wildman–Crippen LogP) is 4.00. The van der Waals surface area contributed by atoms with Crippen molar-refractivity contribution in [3.63, 3.8) is 0 Å². The molecule has 0 bridgehead atoms. The Bertz CT molecular complexity index is 574. The maximum absolute atomic E-state index is 12.5. The summed E-state index contributed by atoms with van der Waals surface area (Å²) in [6.45, 7) is 0. The average molecular weight is 266 g/mol. The molecule has 0 aliphatic heterocycles. The highest BCUT2D eigenvalue weighted by molar-refractivity contribution is 5.80. The second-order valence-electron chi connectivity index (χ2n) is 4.13. The third kappa shape index (κ3) is 2.81. The number of anilines is 2. The first-order valence-electron chi connectivity index (χ1n) is 5.67. The maximum Gasteiger partial charge on any atom is 0.416 e. The summed E-state index contributed by atoms with van der Waals surface area (Å²) >= 11 is 0. The third-order valence-electron chi connectivity index (χ3n) is 2.84. The lowest BCUT2D eigenvalue weighted by molar-refractivity contribution is -0.137. The van der Waals surface area contributed by atoms with Gasteiger partial charge in [0, 0.05) is 24.0 Å². The van der Waals surface area contributed by atoms with Crippen LogP contribution in [0, 0.1) is 0 Å². The van der Waals surface area contributed by atoms with Crippen molar-refractivity contribution in [2.24, 2.45) is 0 Å². The molecule has 0 amide bonds. The van der Waals surface area contributed by atoms with Gasteiger partial charge in [0.05, 0.1) is 5.56 Å². The maximum atomic E-state index is 12.5. The van der Waals surface area contributed by atoms with Gasteiger partial charge < -0.3 is 11.1 Å². The summed E-state index contributed by atoms with van der Waals surface area (Å²) in [5.41, 5.74) is 7.89. The Kier molecular flexibility index (Phi) is 3.38. The van der Waals surface area contributed by atoms with Crippen molar-refractivity contribution < 1.29 is 13.2 Å². The van der Waals surface area contributed by atoms with E-state index < -0.39 is 11.7 Å². The normalized spacial score (nSPS) is 11.4. The molecule has 19 heavy (non-hydrogen) atoms. The summed E-state index contributed by atoms with van der Waals surface area (Å²) in [6, 6.07) is 10.3. The number of hydrogen-bond donors (Lipinski definition) is 2. The van der Waals surface area contributed by atoms with Crippen LogP contribution in [0.3, 0.4) is 0 Å². The number of nitrogens with one attached hydrogen (secondary N) is 1. The fraction of sp³-hybridized carbons (Fsp3) is 0.143. The predicted molar refractivity (Wildman–Crippen MR) is 70.8 cm³/mol. The Labute approximate surface area is 109 Å². The van der Waals surface area contributed by atoms with Gasteiger partial charge in [-0.1, -0.05) is 12.1 Å². The lowest BCUT2D eigenvalue weighted by Crippen LogP contribution is -2.04. The minimum Gasteiger partial charge on any atom is -0.399 e. The van der Waals surface area contributed by atoms with Crippen LogP contribution in [0.5, 0.6) is 0 Å². The Morgan fingerprint density at radius 3 is 2.16 bits per heavy atom. The van der Waals surface area contributed by atoms with Gasteiger partial charge in [0.15, 0.2) is 0 Å². The van der Waals surface area contributed by atoms with Gasteiger partial charge in [-0.05, 0) is 35.9 Å². The minimum absolute atomic E-state index is 0.564. The van der Waals surface area contributed by atoms with Crippen molar-refractivity contribution in [1.29, 1.82) is 0 Å². The molecule has 2 rings (SSSR count). The van der Waals surface area contributed by atoms with Crippen LogP contribution in [-0.2, 0) is 6.18 Å². The highest BCUT2D eigenvalue weighted by atomic mass is 19.4. The molecule has 0 heterocycles. The molecule has 5 heteroatoms. The summed E-state index contributed by atoms with van der Waals surface area (Å²) in [5.74, 6) is 0. The first kappa shape index (κ1) is 13.3. The summed E-state index contributed by atoms with van der Waals surface area (Å²) < 4.78 is 37.5. The monoisotopic (exact) mass is 266 g/mol. The van der Waals surface area contributed by atoms with Crippen LogP contribution in [0.25, 0.3) is 11.1 Å². The zero-order valence-electron chi connectivity index (χ0n) is 10.3. The SMILES string of the molecule is CNc1ccc(N)cc1-c1ccc(C(F)(F)F)cc1. The molecular weight excluding hydrogens is 253 g/mol. The molecule has 0 atom stereocenters. The van der Waals surface area contributed by atoms with Gasteiger partial charge in [-0.2, -0.15) is 13.2 Å². The molecule has 0 fully saturated rings. The number of nitrogen functional groups attached to an aromatic ring is 1. The van der Waals surface area contributed by atoms with E-state index in [0.29, 0.717) is 11.3 Å². The van der Waals surface area contributed by atoms with Crippen molar-refractivity contribution >= 4 is 11.4 Å². The molecular formula is C14H13F3N2. The van der Waals surface area contributed by atoms with E-state index in [1.165, 1.54) is 12.1 Å². The van der Waals surface area contributed by atoms with Crippen LogP contribution in [0.4, 0.5) is 24.5 Å². The third-order valence-corrected chi connectivity index (χ3v) is 2.84. The molecule has 0 saturated heterocycles. The number of benzene rings is 2. The van der Waals surface area contributed by atoms with Gasteiger partial charge in [0.25, 0.3) is 0 Å². The van der Waals surface area contributed by atoms with Crippen molar-refractivity contribution in [3.8, 4) is 11.1 Å². The van der Waals surface area contributed by atoms with E-state index in [9.17, 15) is 13.2 Å². The van der Waals surface area contributed by atoms with E-state index in [1.54, 1.807) is 25.2 Å². The van der Waals surface area contributed by atoms with Crippen LogP contribution in [0.2, 0.25) is 0 Å². The number of nitrogens with two attached hydrogens (primary N) is 1. The highest BCUT2D eigenvalue weighted by Gasteiger charge is 2.30. The fourth-order valence-corrected chi connectivity index (χ4v) is 1.86. The highest BCUT2D eigenvalue weighted by Crippen LogP contribution is 2.33. The van der Waals surface area contributed by atoms with E-state index in [0.717, 1.165) is 23.4 Å². The molecule has 3 N–H and O–H groups in total. The lowest BCUT2D eigenvalue weighted by atomic mass is 10.0. The van der Waals surface area contributed by atoms with Gasteiger partial charge in [-0.15, -0.1) is 0 Å². The second-order valence-corrected chi connectivity index (χ2v) is 4.13. The Morgan fingerprint density at radius 2 is 1.63 bits per heavy atom. The molecule has 2 nitrogen and oxygen atoms in total. The molecule has 0 radical (unpaired) electrons. The van der Waals surface area contributed by atoms with Gasteiger partial charge in [0.2, 0.25) is 0 Å². The molecule has 2 aromatic carbocycles. The first-order chi connectivity index (χ1) is 8.91. The van der Waals surface area contributed by atoms with Crippen molar-refractivity contribution in [2.75, 3.05) is 18.1 Å². The van der Waals surface area contributed by atoms with Gasteiger partial charge in [-0.25, -0.2) is 0 Å². The molecule has 100 valence electrons. The molecule has 0 unspecified atom stereocenters. The second kappa shape index (κ2) is 4.84. The summed E-state index contributed by atoms with van der Waals surface area (Å²) in [4.78, 5) is 0. The van der Waals surface area contributed by atoms with E-state index in [4.69, 9.17) is 5.73 Å². The number of halogens is 3. The first-order valence-corrected chi connectivity index (χ1v) is 5.67.